The molecule has 130 valence electrons. The van der Waals surface area contributed by atoms with Crippen molar-refractivity contribution in [1.82, 2.24) is 5.32 Å². The molecule has 2 N–H and O–H groups in total. The molecule has 0 heterocycles. The third-order valence-electron chi connectivity index (χ3n) is 3.80. The molecule has 0 aromatic heterocycles. The Bertz CT molecular complexity index is 460. The van der Waals surface area contributed by atoms with Crippen LogP contribution in [0.2, 0.25) is 0 Å². The molecule has 0 spiro atoms. The standard InChI is InChI=1S/C19H31NO3/c1-3-5-7-8-9-10-14-23-16-11-12-17(18(21)15-16)19(22)20-13-6-4-2/h11-12,15,21H,3-10,13-14H2,1-2H3,(H,20,22). The molecule has 0 aliphatic carbocycles. The van der Waals surface area contributed by atoms with Crippen LogP contribution in [0.4, 0.5) is 0 Å². The Kier molecular flexibility index (Phi) is 9.92. The second-order valence-electron chi connectivity index (χ2n) is 5.90. The van der Waals surface area contributed by atoms with Crippen molar-refractivity contribution in [3.05, 3.63) is 23.8 Å². The van der Waals surface area contributed by atoms with Gasteiger partial charge < -0.3 is 15.2 Å². The molecule has 0 bridgehead atoms. The lowest BCUT2D eigenvalue weighted by Crippen LogP contribution is -2.24. The molecule has 23 heavy (non-hydrogen) atoms. The lowest BCUT2D eigenvalue weighted by molar-refractivity contribution is 0.0950. The largest absolute Gasteiger partial charge is 0.507 e. The maximum Gasteiger partial charge on any atom is 0.255 e. The molecule has 0 fully saturated rings. The van der Waals surface area contributed by atoms with Crippen molar-refractivity contribution >= 4 is 5.91 Å². The first-order valence-electron chi connectivity index (χ1n) is 8.93. The van der Waals surface area contributed by atoms with Crippen molar-refractivity contribution in [2.24, 2.45) is 0 Å². The van der Waals surface area contributed by atoms with Crippen molar-refractivity contribution in [2.45, 2.75) is 65.2 Å². The number of aromatic hydroxyl groups is 1. The summed E-state index contributed by atoms with van der Waals surface area (Å²) < 4.78 is 5.63. The summed E-state index contributed by atoms with van der Waals surface area (Å²) in [6.45, 7) is 5.56. The van der Waals surface area contributed by atoms with Crippen LogP contribution in [0.25, 0.3) is 0 Å². The number of carbonyl (C=O) groups is 1. The topological polar surface area (TPSA) is 58.6 Å². The molecule has 0 aliphatic rings. The second kappa shape index (κ2) is 11.8. The third kappa shape index (κ3) is 7.91. The van der Waals surface area contributed by atoms with Gasteiger partial charge in [0.2, 0.25) is 0 Å². The molecule has 0 saturated carbocycles. The smallest absolute Gasteiger partial charge is 0.255 e. The van der Waals surface area contributed by atoms with Crippen molar-refractivity contribution in [1.29, 1.82) is 0 Å². The fraction of sp³-hybridized carbons (Fsp3) is 0.632. The molecule has 4 heteroatoms. The Morgan fingerprint density at radius 1 is 1.04 bits per heavy atom. The van der Waals surface area contributed by atoms with E-state index in [9.17, 15) is 9.90 Å². The Morgan fingerprint density at radius 3 is 2.43 bits per heavy atom. The summed E-state index contributed by atoms with van der Waals surface area (Å²) in [5, 5.41) is 12.8. The fourth-order valence-electron chi connectivity index (χ4n) is 2.34. The van der Waals surface area contributed by atoms with Gasteiger partial charge in [0, 0.05) is 12.6 Å². The minimum Gasteiger partial charge on any atom is -0.507 e. The highest BCUT2D eigenvalue weighted by atomic mass is 16.5. The lowest BCUT2D eigenvalue weighted by Gasteiger charge is -2.10. The monoisotopic (exact) mass is 321 g/mol. The number of ether oxygens (including phenoxy) is 1. The normalized spacial score (nSPS) is 10.5. The van der Waals surface area contributed by atoms with Crippen molar-refractivity contribution in [3.63, 3.8) is 0 Å². The first kappa shape index (κ1) is 19.3. The highest BCUT2D eigenvalue weighted by molar-refractivity contribution is 5.96. The van der Waals surface area contributed by atoms with E-state index in [0.29, 0.717) is 24.5 Å². The van der Waals surface area contributed by atoms with Crippen LogP contribution in [0.15, 0.2) is 18.2 Å². The summed E-state index contributed by atoms with van der Waals surface area (Å²) in [5.74, 6) is 0.346. The highest BCUT2D eigenvalue weighted by Gasteiger charge is 2.11. The molecule has 0 aliphatic heterocycles. The number of phenols is 1. The molecule has 0 saturated heterocycles. The average molecular weight is 321 g/mol. The zero-order valence-corrected chi connectivity index (χ0v) is 14.6. The van der Waals surface area contributed by atoms with Gasteiger partial charge in [0.15, 0.2) is 0 Å². The van der Waals surface area contributed by atoms with Crippen LogP contribution in [0, 0.1) is 0 Å². The van der Waals surface area contributed by atoms with E-state index < -0.39 is 0 Å². The van der Waals surface area contributed by atoms with Crippen LogP contribution in [-0.4, -0.2) is 24.2 Å². The first-order valence-corrected chi connectivity index (χ1v) is 8.93. The molecule has 1 rings (SSSR count). The number of nitrogens with one attached hydrogen (secondary N) is 1. The zero-order valence-electron chi connectivity index (χ0n) is 14.6. The fourth-order valence-corrected chi connectivity index (χ4v) is 2.34. The predicted molar refractivity (Wildman–Crippen MR) is 94.2 cm³/mol. The number of hydrogen-bond donors (Lipinski definition) is 2. The number of carbonyl (C=O) groups excluding carboxylic acids is 1. The molecule has 0 atom stereocenters. The molecule has 0 radical (unpaired) electrons. The number of unbranched alkanes of at least 4 members (excludes halogenated alkanes) is 6. The van der Waals surface area contributed by atoms with Gasteiger partial charge in [0.05, 0.1) is 12.2 Å². The van der Waals surface area contributed by atoms with Gasteiger partial charge in [-0.05, 0) is 25.0 Å². The minimum atomic E-state index is -0.238. The van der Waals surface area contributed by atoms with E-state index in [-0.39, 0.29) is 11.7 Å². The molecular weight excluding hydrogens is 290 g/mol. The van der Waals surface area contributed by atoms with Gasteiger partial charge in [0.25, 0.3) is 5.91 Å². The van der Waals surface area contributed by atoms with Gasteiger partial charge >= 0.3 is 0 Å². The minimum absolute atomic E-state index is 0.0283. The van der Waals surface area contributed by atoms with E-state index in [0.717, 1.165) is 19.3 Å². The molecule has 0 unspecified atom stereocenters. The summed E-state index contributed by atoms with van der Waals surface area (Å²) in [6.07, 6.45) is 9.25. The van der Waals surface area contributed by atoms with Gasteiger partial charge in [-0.2, -0.15) is 0 Å². The van der Waals surface area contributed by atoms with E-state index in [1.165, 1.54) is 38.2 Å². The molecule has 4 nitrogen and oxygen atoms in total. The van der Waals surface area contributed by atoms with Crippen molar-refractivity contribution in [3.8, 4) is 11.5 Å². The van der Waals surface area contributed by atoms with Gasteiger partial charge in [-0.15, -0.1) is 0 Å². The van der Waals surface area contributed by atoms with Crippen molar-refractivity contribution < 1.29 is 14.6 Å². The molecule has 1 aromatic rings. The average Bonchev–Trinajstić information content (AvgIpc) is 2.54. The molecule has 1 amide bonds. The van der Waals surface area contributed by atoms with Crippen LogP contribution in [0.1, 0.15) is 75.6 Å². The van der Waals surface area contributed by atoms with Gasteiger partial charge in [-0.3, -0.25) is 4.79 Å². The van der Waals surface area contributed by atoms with Crippen LogP contribution >= 0.6 is 0 Å². The van der Waals surface area contributed by atoms with E-state index in [1.807, 2.05) is 0 Å². The Balaban J connectivity index is 2.33. The first-order chi connectivity index (χ1) is 11.2. The predicted octanol–water partition coefficient (Wildman–Crippen LogP) is 4.66. The number of amides is 1. The Labute approximate surface area is 140 Å². The Morgan fingerprint density at radius 2 is 1.74 bits per heavy atom. The molecule has 1 aromatic carbocycles. The van der Waals surface area contributed by atoms with E-state index >= 15 is 0 Å². The van der Waals surface area contributed by atoms with Crippen molar-refractivity contribution in [2.75, 3.05) is 13.2 Å². The number of benzene rings is 1. The van der Waals surface area contributed by atoms with Gasteiger partial charge in [0.1, 0.15) is 11.5 Å². The maximum absolute atomic E-state index is 11.9. The SMILES string of the molecule is CCCCCCCCOc1ccc(C(=O)NCCCC)c(O)c1. The van der Waals surface area contributed by atoms with Gasteiger partial charge in [-0.1, -0.05) is 52.4 Å². The van der Waals surface area contributed by atoms with Crippen LogP contribution < -0.4 is 10.1 Å². The number of hydrogen-bond acceptors (Lipinski definition) is 3. The lowest BCUT2D eigenvalue weighted by atomic mass is 10.1. The van der Waals surface area contributed by atoms with Gasteiger partial charge in [-0.25, -0.2) is 0 Å². The summed E-state index contributed by atoms with van der Waals surface area (Å²) in [7, 11) is 0. The second-order valence-corrected chi connectivity index (χ2v) is 5.90. The highest BCUT2D eigenvalue weighted by Crippen LogP contribution is 2.23. The Hall–Kier alpha value is -1.71. The maximum atomic E-state index is 11.9. The van der Waals surface area contributed by atoms with E-state index in [4.69, 9.17) is 4.74 Å². The summed E-state index contributed by atoms with van der Waals surface area (Å²) in [5.41, 5.74) is 0.299. The molecular formula is C19H31NO3. The third-order valence-corrected chi connectivity index (χ3v) is 3.80. The van der Waals surface area contributed by atoms with Crippen LogP contribution in [0.5, 0.6) is 11.5 Å². The van der Waals surface area contributed by atoms with Crippen LogP contribution in [-0.2, 0) is 0 Å². The number of phenolic OH excluding ortho intramolecular Hbond substituents is 1. The quantitative estimate of drug-likeness (QED) is 0.550. The zero-order chi connectivity index (χ0) is 16.9. The number of rotatable bonds is 12. The van der Waals surface area contributed by atoms with E-state index in [2.05, 4.69) is 19.2 Å². The van der Waals surface area contributed by atoms with Crippen LogP contribution in [0.3, 0.4) is 0 Å². The summed E-state index contributed by atoms with van der Waals surface area (Å²) >= 11 is 0. The summed E-state index contributed by atoms with van der Waals surface area (Å²) in [4.78, 5) is 11.9. The summed E-state index contributed by atoms with van der Waals surface area (Å²) in [6, 6.07) is 4.88. The van der Waals surface area contributed by atoms with E-state index in [1.54, 1.807) is 12.1 Å².